The molecule has 1 unspecified atom stereocenters. The second-order valence-electron chi connectivity index (χ2n) is 8.23. The fourth-order valence-electron chi connectivity index (χ4n) is 3.92. The van der Waals surface area contributed by atoms with Crippen LogP contribution in [0.25, 0.3) is 0 Å². The van der Waals surface area contributed by atoms with Gasteiger partial charge in [-0.2, -0.15) is 0 Å². The van der Waals surface area contributed by atoms with Crippen LogP contribution in [-0.2, 0) is 10.0 Å². The van der Waals surface area contributed by atoms with Crippen molar-refractivity contribution in [2.24, 2.45) is 5.14 Å². The number of primary sulfonamides is 1. The van der Waals surface area contributed by atoms with E-state index in [9.17, 15) is 22.0 Å². The van der Waals surface area contributed by atoms with Gasteiger partial charge in [-0.25, -0.2) is 31.5 Å². The number of amides is 2. The van der Waals surface area contributed by atoms with Crippen molar-refractivity contribution in [2.45, 2.75) is 13.0 Å². The van der Waals surface area contributed by atoms with E-state index in [1.54, 1.807) is 48.5 Å². The number of anilines is 1. The van der Waals surface area contributed by atoms with Crippen LogP contribution in [0, 0.1) is 24.4 Å². The zero-order valence-electron chi connectivity index (χ0n) is 18.9. The number of benzene rings is 3. The van der Waals surface area contributed by atoms with Gasteiger partial charge in [0.15, 0.2) is 11.6 Å². The van der Waals surface area contributed by atoms with Crippen molar-refractivity contribution in [2.75, 3.05) is 23.7 Å². The van der Waals surface area contributed by atoms with Gasteiger partial charge in [0.05, 0.1) is 11.8 Å². The van der Waals surface area contributed by atoms with Gasteiger partial charge in [0, 0.05) is 34.9 Å². The number of ether oxygens (including phenoxy) is 1. The van der Waals surface area contributed by atoms with Gasteiger partial charge in [-0.05, 0) is 61.5 Å². The molecule has 1 aliphatic rings. The number of halogens is 4. The summed E-state index contributed by atoms with van der Waals surface area (Å²) < 4.78 is 71.8. The molecule has 0 spiro atoms. The summed E-state index contributed by atoms with van der Waals surface area (Å²) in [5.41, 5.74) is -0.445. The van der Waals surface area contributed by atoms with Gasteiger partial charge in [-0.15, -0.1) is 0 Å². The number of nitrogens with two attached hydrogens (primary N) is 1. The SMILES string of the molecule is Cc1c(F)c(F)cc(C2CN(CCS(N)(=O)=O)C(=O)N2c2ccc(Oc3ccc(Cl)cc3)cc2)c1F. The molecule has 0 saturated carbocycles. The first kappa shape index (κ1) is 25.8. The molecule has 1 atom stereocenters. The smallest absolute Gasteiger partial charge is 0.325 e. The fraction of sp³-hybridized carbons (Fsp3) is 0.208. The first-order valence-electron chi connectivity index (χ1n) is 10.7. The average molecular weight is 540 g/mol. The third-order valence-electron chi connectivity index (χ3n) is 5.75. The summed E-state index contributed by atoms with van der Waals surface area (Å²) in [6, 6.07) is 11.9. The van der Waals surface area contributed by atoms with Crippen LogP contribution in [0.3, 0.4) is 0 Å². The monoisotopic (exact) mass is 539 g/mol. The summed E-state index contributed by atoms with van der Waals surface area (Å²) in [5, 5.41) is 5.61. The van der Waals surface area contributed by atoms with Crippen molar-refractivity contribution >= 4 is 33.3 Å². The lowest BCUT2D eigenvalue weighted by atomic mass is 10.0. The maximum absolute atomic E-state index is 15.0. The van der Waals surface area contributed by atoms with Gasteiger partial charge in [-0.1, -0.05) is 11.6 Å². The molecular weight excluding hydrogens is 519 g/mol. The van der Waals surface area contributed by atoms with Gasteiger partial charge >= 0.3 is 6.03 Å². The fourth-order valence-corrected chi connectivity index (χ4v) is 4.52. The van der Waals surface area contributed by atoms with E-state index in [-0.39, 0.29) is 18.7 Å². The number of nitrogens with zero attached hydrogens (tertiary/aromatic N) is 2. The van der Waals surface area contributed by atoms with Crippen molar-refractivity contribution in [3.05, 3.63) is 88.2 Å². The van der Waals surface area contributed by atoms with E-state index in [1.807, 2.05) is 0 Å². The molecule has 0 radical (unpaired) electrons. The molecule has 1 fully saturated rings. The Bertz CT molecular complexity index is 1400. The highest BCUT2D eigenvalue weighted by Gasteiger charge is 2.41. The first-order chi connectivity index (χ1) is 16.9. The molecule has 2 N–H and O–H groups in total. The van der Waals surface area contributed by atoms with E-state index in [4.69, 9.17) is 21.5 Å². The number of hydrogen-bond acceptors (Lipinski definition) is 4. The van der Waals surface area contributed by atoms with Gasteiger partial charge in [0.25, 0.3) is 0 Å². The molecule has 190 valence electrons. The number of sulfonamides is 1. The summed E-state index contributed by atoms with van der Waals surface area (Å²) in [6.45, 7) is 0.672. The summed E-state index contributed by atoms with van der Waals surface area (Å²) in [6.07, 6.45) is 0. The summed E-state index contributed by atoms with van der Waals surface area (Å²) in [7, 11) is -3.89. The Morgan fingerprint density at radius 2 is 1.61 bits per heavy atom. The molecule has 1 aliphatic heterocycles. The van der Waals surface area contributed by atoms with Crippen LogP contribution in [0.5, 0.6) is 11.5 Å². The van der Waals surface area contributed by atoms with Crippen LogP contribution in [0.4, 0.5) is 23.7 Å². The molecule has 3 aromatic rings. The summed E-state index contributed by atoms with van der Waals surface area (Å²) >= 11 is 5.88. The predicted octanol–water partition coefficient (Wildman–Crippen LogP) is 5.13. The largest absolute Gasteiger partial charge is 0.457 e. The van der Waals surface area contributed by atoms with Crippen LogP contribution in [0.15, 0.2) is 54.6 Å². The van der Waals surface area contributed by atoms with Crippen LogP contribution >= 0.6 is 11.6 Å². The average Bonchev–Trinajstić information content (AvgIpc) is 3.16. The summed E-state index contributed by atoms with van der Waals surface area (Å²) in [4.78, 5) is 15.6. The van der Waals surface area contributed by atoms with E-state index < -0.39 is 50.9 Å². The van der Waals surface area contributed by atoms with E-state index >= 15 is 4.39 Å². The normalized spacial score (nSPS) is 16.1. The van der Waals surface area contributed by atoms with Gasteiger partial charge < -0.3 is 9.64 Å². The zero-order chi connectivity index (χ0) is 26.2. The van der Waals surface area contributed by atoms with Crippen molar-refractivity contribution in [3.8, 4) is 11.5 Å². The second-order valence-corrected chi connectivity index (χ2v) is 10.4. The topological polar surface area (TPSA) is 92.9 Å². The molecule has 12 heteroatoms. The van der Waals surface area contributed by atoms with E-state index in [0.29, 0.717) is 28.3 Å². The number of urea groups is 1. The minimum Gasteiger partial charge on any atom is -0.457 e. The Hall–Kier alpha value is -3.28. The molecule has 0 bridgehead atoms. The zero-order valence-corrected chi connectivity index (χ0v) is 20.5. The van der Waals surface area contributed by atoms with Crippen molar-refractivity contribution in [3.63, 3.8) is 0 Å². The number of hydrogen-bond donors (Lipinski definition) is 1. The molecule has 0 aromatic heterocycles. The second kappa shape index (κ2) is 10.00. The van der Waals surface area contributed by atoms with Crippen LogP contribution in [-0.4, -0.2) is 38.2 Å². The first-order valence-corrected chi connectivity index (χ1v) is 12.8. The van der Waals surface area contributed by atoms with Crippen LogP contribution < -0.4 is 14.8 Å². The molecule has 0 aliphatic carbocycles. The maximum Gasteiger partial charge on any atom is 0.325 e. The Labute approximate surface area is 210 Å². The van der Waals surface area contributed by atoms with Crippen molar-refractivity contribution < 1.29 is 31.1 Å². The minimum atomic E-state index is -3.89. The number of carbonyl (C=O) groups excluding carboxylic acids is 1. The number of carbonyl (C=O) groups is 1. The van der Waals surface area contributed by atoms with Crippen molar-refractivity contribution in [1.82, 2.24) is 4.90 Å². The van der Waals surface area contributed by atoms with Crippen molar-refractivity contribution in [1.29, 1.82) is 0 Å². The van der Waals surface area contributed by atoms with Crippen LogP contribution in [0.2, 0.25) is 5.02 Å². The van der Waals surface area contributed by atoms with E-state index in [2.05, 4.69) is 0 Å². The highest BCUT2D eigenvalue weighted by molar-refractivity contribution is 7.89. The lowest BCUT2D eigenvalue weighted by Crippen LogP contribution is -2.36. The van der Waals surface area contributed by atoms with Gasteiger partial charge in [-0.3, -0.25) is 4.90 Å². The highest BCUT2D eigenvalue weighted by Crippen LogP contribution is 2.38. The Morgan fingerprint density at radius 3 is 2.19 bits per heavy atom. The Kier molecular flexibility index (Phi) is 7.17. The van der Waals surface area contributed by atoms with E-state index in [0.717, 1.165) is 6.92 Å². The number of rotatable bonds is 7. The van der Waals surface area contributed by atoms with Gasteiger partial charge in [0.1, 0.15) is 17.3 Å². The lowest BCUT2D eigenvalue weighted by Gasteiger charge is -2.25. The standard InChI is InChI=1S/C24H21ClF3N3O4S/c1-14-22(27)19(12-20(26)23(14)28)21-13-30(10-11-36(29,33)34)24(32)31(21)16-4-8-18(9-5-16)35-17-6-2-15(25)3-7-17/h2-9,12,21H,10-11,13H2,1H3,(H2,29,33,34). The lowest BCUT2D eigenvalue weighted by molar-refractivity contribution is 0.223. The Balaban J connectivity index is 1.68. The molecule has 2 amide bonds. The Morgan fingerprint density at radius 1 is 1.03 bits per heavy atom. The molecule has 4 rings (SSSR count). The van der Waals surface area contributed by atoms with Crippen LogP contribution in [0.1, 0.15) is 17.2 Å². The molecule has 7 nitrogen and oxygen atoms in total. The molecule has 36 heavy (non-hydrogen) atoms. The maximum atomic E-state index is 15.0. The van der Waals surface area contributed by atoms with Gasteiger partial charge in [0.2, 0.25) is 10.0 Å². The third kappa shape index (κ3) is 5.43. The summed E-state index contributed by atoms with van der Waals surface area (Å²) in [5.74, 6) is -3.13. The third-order valence-corrected chi connectivity index (χ3v) is 6.76. The molecule has 1 saturated heterocycles. The quantitative estimate of drug-likeness (QED) is 0.421. The molecular formula is C24H21ClF3N3O4S. The minimum absolute atomic E-state index is 0.168. The predicted molar refractivity (Wildman–Crippen MR) is 129 cm³/mol. The van der Waals surface area contributed by atoms with E-state index in [1.165, 1.54) is 9.80 Å². The highest BCUT2D eigenvalue weighted by atomic mass is 35.5. The molecule has 3 aromatic carbocycles. The molecule has 1 heterocycles.